The van der Waals surface area contributed by atoms with E-state index in [4.69, 9.17) is 9.47 Å². The smallest absolute Gasteiger partial charge is 0.305 e. The highest BCUT2D eigenvalue weighted by molar-refractivity contribution is 5.72. The molecule has 4 unspecified atom stereocenters. The van der Waals surface area contributed by atoms with E-state index in [2.05, 4.69) is 67.7 Å². The van der Waals surface area contributed by atoms with Gasteiger partial charge in [0.1, 0.15) is 5.75 Å². The summed E-state index contributed by atoms with van der Waals surface area (Å²) >= 11 is 0. The number of nitrogens with one attached hydrogen (secondary N) is 1. The molecule has 4 atom stereocenters. The Hall–Kier alpha value is -2.82. The number of aryl methyl sites for hydroxylation is 1. The summed E-state index contributed by atoms with van der Waals surface area (Å²) in [5, 5.41) is 2.89. The van der Waals surface area contributed by atoms with Crippen LogP contribution >= 0.6 is 0 Å². The predicted octanol–water partition coefficient (Wildman–Crippen LogP) is 6.12. The van der Waals surface area contributed by atoms with Gasteiger partial charge in [-0.15, -0.1) is 0 Å². The van der Waals surface area contributed by atoms with E-state index in [0.717, 1.165) is 37.0 Å². The monoisotopic (exact) mass is 465 g/mol. The molecule has 1 aliphatic heterocycles. The number of ether oxygens (including phenoxy) is 2. The highest BCUT2D eigenvalue weighted by atomic mass is 16.7. The van der Waals surface area contributed by atoms with Crippen molar-refractivity contribution in [1.29, 1.82) is 0 Å². The van der Waals surface area contributed by atoms with Gasteiger partial charge in [-0.3, -0.25) is 9.59 Å². The van der Waals surface area contributed by atoms with Crippen molar-refractivity contribution in [3.8, 4) is 5.75 Å². The number of carbonyl (C=O) groups is 2. The van der Waals surface area contributed by atoms with E-state index < -0.39 is 5.79 Å². The molecule has 0 aromatic heterocycles. The van der Waals surface area contributed by atoms with Crippen molar-refractivity contribution in [2.45, 2.75) is 84.3 Å². The molecule has 2 aromatic rings. The zero-order valence-corrected chi connectivity index (χ0v) is 21.2. The largest absolute Gasteiger partial charge is 0.452 e. The van der Waals surface area contributed by atoms with Gasteiger partial charge in [0, 0.05) is 33.7 Å². The number of hydrogen-bond donors (Lipinski definition) is 1. The lowest BCUT2D eigenvalue weighted by Crippen LogP contribution is -2.43. The Balaban J connectivity index is 1.75. The third-order valence-corrected chi connectivity index (χ3v) is 6.89. The van der Waals surface area contributed by atoms with Crippen LogP contribution in [0.4, 0.5) is 0 Å². The van der Waals surface area contributed by atoms with Gasteiger partial charge in [0.15, 0.2) is 0 Å². The summed E-state index contributed by atoms with van der Waals surface area (Å²) in [4.78, 5) is 23.1. The van der Waals surface area contributed by atoms with Crippen LogP contribution in [-0.2, 0) is 20.7 Å². The number of benzene rings is 2. The molecule has 5 heteroatoms. The Morgan fingerprint density at radius 2 is 1.85 bits per heavy atom. The van der Waals surface area contributed by atoms with E-state index >= 15 is 0 Å². The highest BCUT2D eigenvalue weighted by Crippen LogP contribution is 2.46. The lowest BCUT2D eigenvalue weighted by atomic mass is 9.78. The summed E-state index contributed by atoms with van der Waals surface area (Å²) in [5.41, 5.74) is 3.76. The second-order valence-corrected chi connectivity index (χ2v) is 9.97. The molecule has 0 spiro atoms. The molecule has 1 N–H and O–H groups in total. The third kappa shape index (κ3) is 7.09. The lowest BCUT2D eigenvalue weighted by molar-refractivity contribution is -0.198. The van der Waals surface area contributed by atoms with Crippen molar-refractivity contribution < 1.29 is 19.1 Å². The van der Waals surface area contributed by atoms with E-state index in [1.54, 1.807) is 0 Å². The van der Waals surface area contributed by atoms with E-state index in [0.29, 0.717) is 24.8 Å². The van der Waals surface area contributed by atoms with Crippen LogP contribution in [0.1, 0.15) is 88.8 Å². The first kappa shape index (κ1) is 25.8. The minimum absolute atomic E-state index is 0.0183. The van der Waals surface area contributed by atoms with E-state index in [1.807, 2.05) is 6.92 Å². The van der Waals surface area contributed by atoms with Crippen LogP contribution in [0.3, 0.4) is 0 Å². The Morgan fingerprint density at radius 1 is 1.12 bits per heavy atom. The SMILES string of the molecule is CC(=O)NCCC(C)C1CC(C)(OC(C)=O)Oc2cc(C(C)CCCc3ccccc3)ccc21. The van der Waals surface area contributed by atoms with Crippen LogP contribution in [0.5, 0.6) is 5.75 Å². The summed E-state index contributed by atoms with van der Waals surface area (Å²) in [6.07, 6.45) is 4.72. The molecule has 0 radical (unpaired) electrons. The number of fused-ring (bicyclic) bond motifs is 1. The third-order valence-electron chi connectivity index (χ3n) is 6.89. The van der Waals surface area contributed by atoms with Crippen molar-refractivity contribution in [3.05, 3.63) is 65.2 Å². The quantitative estimate of drug-likeness (QED) is 0.429. The van der Waals surface area contributed by atoms with Gasteiger partial charge in [-0.1, -0.05) is 56.3 Å². The lowest BCUT2D eigenvalue weighted by Gasteiger charge is -2.41. The van der Waals surface area contributed by atoms with Gasteiger partial charge in [-0.2, -0.15) is 0 Å². The molecule has 184 valence electrons. The molecule has 0 fully saturated rings. The maximum absolute atomic E-state index is 11.8. The van der Waals surface area contributed by atoms with Crippen molar-refractivity contribution in [1.82, 2.24) is 5.32 Å². The van der Waals surface area contributed by atoms with Crippen molar-refractivity contribution >= 4 is 11.9 Å². The Morgan fingerprint density at radius 3 is 2.53 bits per heavy atom. The molecule has 0 saturated carbocycles. The van der Waals surface area contributed by atoms with Gasteiger partial charge in [0.25, 0.3) is 5.79 Å². The second-order valence-electron chi connectivity index (χ2n) is 9.97. The summed E-state index contributed by atoms with van der Waals surface area (Å²) in [6, 6.07) is 17.1. The first-order valence-electron chi connectivity index (χ1n) is 12.5. The van der Waals surface area contributed by atoms with Crippen LogP contribution in [0.25, 0.3) is 0 Å². The fourth-order valence-electron chi connectivity index (χ4n) is 5.01. The van der Waals surface area contributed by atoms with Crippen molar-refractivity contribution in [3.63, 3.8) is 0 Å². The molecule has 34 heavy (non-hydrogen) atoms. The Labute approximate surface area is 204 Å². The van der Waals surface area contributed by atoms with Crippen LogP contribution < -0.4 is 10.1 Å². The fraction of sp³-hybridized carbons (Fsp3) is 0.517. The maximum atomic E-state index is 11.8. The van der Waals surface area contributed by atoms with Gasteiger partial charge in [-0.05, 0) is 66.2 Å². The Bertz CT molecular complexity index is 973. The molecule has 1 amide bonds. The molecule has 1 heterocycles. The van der Waals surface area contributed by atoms with Crippen molar-refractivity contribution in [2.24, 2.45) is 5.92 Å². The minimum Gasteiger partial charge on any atom is -0.452 e. The van der Waals surface area contributed by atoms with Crippen molar-refractivity contribution in [2.75, 3.05) is 6.54 Å². The number of carbonyl (C=O) groups excluding carboxylic acids is 2. The van der Waals surface area contributed by atoms with Gasteiger partial charge in [0.2, 0.25) is 5.91 Å². The van der Waals surface area contributed by atoms with Crippen LogP contribution in [0.2, 0.25) is 0 Å². The topological polar surface area (TPSA) is 64.6 Å². The average Bonchev–Trinajstić information content (AvgIpc) is 2.77. The first-order chi connectivity index (χ1) is 16.2. The normalized spacial score (nSPS) is 21.0. The minimum atomic E-state index is -0.999. The standard InChI is InChI=1S/C29H39NO4/c1-20(10-9-13-24-11-7-6-8-12-24)25-14-15-26-27(21(2)16-17-30-22(3)31)19-29(5,33-23(4)32)34-28(26)18-25/h6-8,11-12,14-15,18,20-21,27H,9-10,13,16-17,19H2,1-5H3,(H,30,31). The molecule has 0 saturated heterocycles. The number of rotatable bonds is 10. The summed E-state index contributed by atoms with van der Waals surface area (Å²) < 4.78 is 11.9. The van der Waals surface area contributed by atoms with Crippen LogP contribution in [0, 0.1) is 5.92 Å². The highest BCUT2D eigenvalue weighted by Gasteiger charge is 2.42. The number of amides is 1. The van der Waals surface area contributed by atoms with E-state index in [-0.39, 0.29) is 17.8 Å². The second kappa shape index (κ2) is 11.5. The number of hydrogen-bond acceptors (Lipinski definition) is 4. The predicted molar refractivity (Wildman–Crippen MR) is 135 cm³/mol. The first-order valence-corrected chi connectivity index (χ1v) is 12.5. The van der Waals surface area contributed by atoms with Crippen LogP contribution in [-0.4, -0.2) is 24.2 Å². The molecule has 0 aliphatic carbocycles. The molecule has 1 aliphatic rings. The zero-order chi connectivity index (χ0) is 24.7. The van der Waals surface area contributed by atoms with E-state index in [1.165, 1.54) is 25.0 Å². The number of esters is 1. The van der Waals surface area contributed by atoms with Gasteiger partial charge < -0.3 is 14.8 Å². The summed E-state index contributed by atoms with van der Waals surface area (Å²) in [6.45, 7) is 9.88. The van der Waals surface area contributed by atoms with Crippen LogP contribution in [0.15, 0.2) is 48.5 Å². The molecular formula is C29H39NO4. The van der Waals surface area contributed by atoms with Gasteiger partial charge in [-0.25, -0.2) is 0 Å². The summed E-state index contributed by atoms with van der Waals surface area (Å²) in [7, 11) is 0. The molecule has 2 aromatic carbocycles. The zero-order valence-electron chi connectivity index (χ0n) is 21.2. The molecule has 0 bridgehead atoms. The summed E-state index contributed by atoms with van der Waals surface area (Å²) in [5.74, 6) is 0.300. The molecule has 3 rings (SSSR count). The maximum Gasteiger partial charge on any atom is 0.305 e. The fourth-order valence-corrected chi connectivity index (χ4v) is 5.01. The molecular weight excluding hydrogens is 426 g/mol. The average molecular weight is 466 g/mol. The van der Waals surface area contributed by atoms with E-state index in [9.17, 15) is 9.59 Å². The van der Waals surface area contributed by atoms with Gasteiger partial charge in [0.05, 0.1) is 0 Å². The van der Waals surface area contributed by atoms with Gasteiger partial charge >= 0.3 is 5.97 Å². The Kier molecular flexibility index (Phi) is 8.76. The molecule has 5 nitrogen and oxygen atoms in total.